The first-order valence-electron chi connectivity index (χ1n) is 11.3. The fourth-order valence-electron chi connectivity index (χ4n) is 3.58. The average Bonchev–Trinajstić information content (AvgIpc) is 3.36. The van der Waals surface area contributed by atoms with E-state index in [1.165, 1.54) is 13.3 Å². The number of aryl methyl sites for hydroxylation is 1. The maximum atomic E-state index is 13.0. The van der Waals surface area contributed by atoms with Crippen LogP contribution in [0.2, 0.25) is 5.02 Å². The number of carbonyl (C=O) groups is 1. The molecule has 0 atom stereocenters. The number of benzene rings is 2. The van der Waals surface area contributed by atoms with Gasteiger partial charge in [0.1, 0.15) is 17.1 Å². The van der Waals surface area contributed by atoms with Crippen molar-refractivity contribution in [3.8, 4) is 17.1 Å². The van der Waals surface area contributed by atoms with Gasteiger partial charge in [-0.1, -0.05) is 36.7 Å². The summed E-state index contributed by atoms with van der Waals surface area (Å²) < 4.78 is 7.34. The molecule has 0 unspecified atom stereocenters. The van der Waals surface area contributed by atoms with Gasteiger partial charge in [0.05, 0.1) is 23.9 Å². The van der Waals surface area contributed by atoms with Gasteiger partial charge in [-0.15, -0.1) is 0 Å². The van der Waals surface area contributed by atoms with Gasteiger partial charge in [-0.3, -0.25) is 9.48 Å². The molecule has 2 heterocycles. The first-order valence-corrected chi connectivity index (χ1v) is 11.7. The van der Waals surface area contributed by atoms with Crippen LogP contribution in [0.1, 0.15) is 42.7 Å². The van der Waals surface area contributed by atoms with Crippen LogP contribution in [0, 0.1) is 0 Å². The molecule has 0 radical (unpaired) electrons. The summed E-state index contributed by atoms with van der Waals surface area (Å²) in [6.07, 6.45) is 4.24. The van der Waals surface area contributed by atoms with Crippen LogP contribution in [0.15, 0.2) is 60.9 Å². The van der Waals surface area contributed by atoms with Gasteiger partial charge in [-0.25, -0.2) is 9.97 Å². The molecule has 0 aliphatic heterocycles. The molecule has 1 amide bonds. The third-order valence-corrected chi connectivity index (χ3v) is 5.75. The van der Waals surface area contributed by atoms with Gasteiger partial charge in [0.25, 0.3) is 5.91 Å². The molecule has 0 aliphatic rings. The number of nitrogens with zero attached hydrogens (tertiary/aromatic N) is 4. The molecule has 0 fully saturated rings. The minimum atomic E-state index is -0.250. The number of hydrogen-bond acceptors (Lipinski definition) is 6. The van der Waals surface area contributed by atoms with Crippen molar-refractivity contribution in [2.75, 3.05) is 17.7 Å². The fourth-order valence-corrected chi connectivity index (χ4v) is 3.77. The van der Waals surface area contributed by atoms with E-state index < -0.39 is 0 Å². The van der Waals surface area contributed by atoms with Crippen molar-refractivity contribution in [2.24, 2.45) is 0 Å². The number of hydrogen-bond donors (Lipinski definition) is 2. The Morgan fingerprint density at radius 1 is 1.17 bits per heavy atom. The maximum absolute atomic E-state index is 13.0. The van der Waals surface area contributed by atoms with E-state index in [0.29, 0.717) is 39.4 Å². The number of rotatable bonds is 8. The molecule has 0 saturated heterocycles. The molecular weight excluding hydrogens is 464 g/mol. The van der Waals surface area contributed by atoms with Crippen LogP contribution in [-0.4, -0.2) is 32.8 Å². The summed E-state index contributed by atoms with van der Waals surface area (Å²) in [6.45, 7) is 6.14. The highest BCUT2D eigenvalue weighted by Gasteiger charge is 2.16. The summed E-state index contributed by atoms with van der Waals surface area (Å²) in [4.78, 5) is 21.8. The largest absolute Gasteiger partial charge is 0.496 e. The quantitative estimate of drug-likeness (QED) is 0.308. The second-order valence-corrected chi connectivity index (χ2v) is 8.58. The van der Waals surface area contributed by atoms with Crippen molar-refractivity contribution in [3.05, 3.63) is 77.1 Å². The lowest BCUT2D eigenvalue weighted by Crippen LogP contribution is -2.14. The molecule has 2 N–H and O–H groups in total. The van der Waals surface area contributed by atoms with Gasteiger partial charge in [-0.2, -0.15) is 5.10 Å². The Morgan fingerprint density at radius 3 is 2.69 bits per heavy atom. The van der Waals surface area contributed by atoms with Crippen LogP contribution in [0.3, 0.4) is 0 Å². The van der Waals surface area contributed by atoms with E-state index in [2.05, 4.69) is 25.7 Å². The Labute approximate surface area is 209 Å². The van der Waals surface area contributed by atoms with E-state index in [0.717, 1.165) is 17.7 Å². The molecule has 9 heteroatoms. The Hall–Kier alpha value is -3.91. The first-order chi connectivity index (χ1) is 16.9. The zero-order chi connectivity index (χ0) is 24.9. The molecule has 180 valence electrons. The lowest BCUT2D eigenvalue weighted by Gasteiger charge is -2.14. The lowest BCUT2D eigenvalue weighted by molar-refractivity contribution is 0.102. The van der Waals surface area contributed by atoms with Crippen molar-refractivity contribution < 1.29 is 9.53 Å². The standard InChI is InChI=1S/C26H27ClN6O2/c1-5-17-8-6-7-9-21(17)30-25(34)19-11-10-18(14-23(19)35-4)29-26-28-15-20(27)24(31-26)22-12-13-33(32-22)16(2)3/h6-16H,5H2,1-4H3,(H,30,34)(H,28,29,31). The van der Waals surface area contributed by atoms with Crippen LogP contribution in [-0.2, 0) is 6.42 Å². The van der Waals surface area contributed by atoms with Crippen LogP contribution in [0.4, 0.5) is 17.3 Å². The van der Waals surface area contributed by atoms with Crippen LogP contribution in [0.25, 0.3) is 11.4 Å². The van der Waals surface area contributed by atoms with E-state index in [9.17, 15) is 4.79 Å². The Bertz CT molecular complexity index is 1350. The molecule has 4 aromatic rings. The third kappa shape index (κ3) is 5.44. The minimum absolute atomic E-state index is 0.223. The SMILES string of the molecule is CCc1ccccc1NC(=O)c1ccc(Nc2ncc(Cl)c(-c3ccn(C(C)C)n3)n2)cc1OC. The first kappa shape index (κ1) is 24.2. The molecule has 0 saturated carbocycles. The summed E-state index contributed by atoms with van der Waals surface area (Å²) in [5, 5.41) is 11.1. The van der Waals surface area contributed by atoms with Crippen LogP contribution >= 0.6 is 11.6 Å². The predicted molar refractivity (Wildman–Crippen MR) is 139 cm³/mol. The molecule has 35 heavy (non-hydrogen) atoms. The number of halogens is 1. The van der Waals surface area contributed by atoms with Crippen molar-refractivity contribution in [1.82, 2.24) is 19.7 Å². The van der Waals surface area contributed by atoms with E-state index in [-0.39, 0.29) is 11.9 Å². The molecule has 8 nitrogen and oxygen atoms in total. The minimum Gasteiger partial charge on any atom is -0.496 e. The summed E-state index contributed by atoms with van der Waals surface area (Å²) >= 11 is 6.35. The zero-order valence-electron chi connectivity index (χ0n) is 20.0. The summed E-state index contributed by atoms with van der Waals surface area (Å²) in [6, 6.07) is 15.0. The lowest BCUT2D eigenvalue weighted by atomic mass is 10.1. The number of para-hydroxylation sites is 1. The number of aromatic nitrogens is 4. The normalized spacial score (nSPS) is 10.9. The second kappa shape index (κ2) is 10.6. The Kier molecular flexibility index (Phi) is 7.31. The van der Waals surface area contributed by atoms with Crippen molar-refractivity contribution in [3.63, 3.8) is 0 Å². The molecule has 0 bridgehead atoms. The van der Waals surface area contributed by atoms with E-state index >= 15 is 0 Å². The monoisotopic (exact) mass is 490 g/mol. The maximum Gasteiger partial charge on any atom is 0.259 e. The van der Waals surface area contributed by atoms with Gasteiger partial charge < -0.3 is 15.4 Å². The number of anilines is 3. The Morgan fingerprint density at radius 2 is 1.97 bits per heavy atom. The summed E-state index contributed by atoms with van der Waals surface area (Å²) in [5.41, 5.74) is 4.11. The topological polar surface area (TPSA) is 94.0 Å². The number of ether oxygens (including phenoxy) is 1. The molecule has 0 aliphatic carbocycles. The van der Waals surface area contributed by atoms with E-state index in [1.807, 2.05) is 62.0 Å². The van der Waals surface area contributed by atoms with Crippen molar-refractivity contribution >= 4 is 34.8 Å². The fraction of sp³-hybridized carbons (Fsp3) is 0.231. The highest BCUT2D eigenvalue weighted by molar-refractivity contribution is 6.32. The predicted octanol–water partition coefficient (Wildman–Crippen LogP) is 6.14. The van der Waals surface area contributed by atoms with Gasteiger partial charge in [0.15, 0.2) is 0 Å². The van der Waals surface area contributed by atoms with Crippen molar-refractivity contribution in [1.29, 1.82) is 0 Å². The van der Waals surface area contributed by atoms with Crippen LogP contribution < -0.4 is 15.4 Å². The van der Waals surface area contributed by atoms with E-state index in [4.69, 9.17) is 16.3 Å². The number of amides is 1. The van der Waals surface area contributed by atoms with Gasteiger partial charge >= 0.3 is 0 Å². The van der Waals surface area contributed by atoms with Gasteiger partial charge in [-0.05, 0) is 50.1 Å². The molecule has 2 aromatic heterocycles. The summed E-state index contributed by atoms with van der Waals surface area (Å²) in [7, 11) is 1.53. The zero-order valence-corrected chi connectivity index (χ0v) is 20.8. The average molecular weight is 491 g/mol. The smallest absolute Gasteiger partial charge is 0.259 e. The Balaban J connectivity index is 1.56. The molecule has 0 spiro atoms. The molecular formula is C26H27ClN6O2. The third-order valence-electron chi connectivity index (χ3n) is 5.47. The number of carbonyl (C=O) groups excluding carboxylic acids is 1. The number of methoxy groups -OCH3 is 1. The second-order valence-electron chi connectivity index (χ2n) is 8.17. The van der Waals surface area contributed by atoms with Crippen LogP contribution in [0.5, 0.6) is 5.75 Å². The van der Waals surface area contributed by atoms with Gasteiger partial charge in [0.2, 0.25) is 5.95 Å². The highest BCUT2D eigenvalue weighted by atomic mass is 35.5. The van der Waals surface area contributed by atoms with E-state index in [1.54, 1.807) is 18.2 Å². The molecule has 4 rings (SSSR count). The summed E-state index contributed by atoms with van der Waals surface area (Å²) in [5.74, 6) is 0.519. The highest BCUT2D eigenvalue weighted by Crippen LogP contribution is 2.29. The van der Waals surface area contributed by atoms with Crippen molar-refractivity contribution in [2.45, 2.75) is 33.2 Å². The van der Waals surface area contributed by atoms with Gasteiger partial charge in [0, 0.05) is 29.7 Å². The number of nitrogens with one attached hydrogen (secondary N) is 2. The molecule has 2 aromatic carbocycles.